The van der Waals surface area contributed by atoms with Gasteiger partial charge in [0.15, 0.2) is 0 Å². The van der Waals surface area contributed by atoms with E-state index in [2.05, 4.69) is 19.2 Å². The van der Waals surface area contributed by atoms with Crippen LogP contribution in [0.25, 0.3) is 0 Å². The van der Waals surface area contributed by atoms with E-state index < -0.39 is 28.5 Å². The second kappa shape index (κ2) is 14.7. The first-order chi connectivity index (χ1) is 20.6. The van der Waals surface area contributed by atoms with Gasteiger partial charge in [0.25, 0.3) is 10.0 Å². The summed E-state index contributed by atoms with van der Waals surface area (Å²) in [5.74, 6) is -0.344. The predicted molar refractivity (Wildman–Crippen MR) is 172 cm³/mol. The summed E-state index contributed by atoms with van der Waals surface area (Å²) in [4.78, 5) is 29.7. The monoisotopic (exact) mass is 603 g/mol. The van der Waals surface area contributed by atoms with Crippen molar-refractivity contribution in [2.75, 3.05) is 10.8 Å². The molecule has 1 saturated carbocycles. The highest BCUT2D eigenvalue weighted by Gasteiger charge is 2.34. The Hall–Kier alpha value is -3.65. The minimum Gasteiger partial charge on any atom is -0.352 e. The fourth-order valence-corrected chi connectivity index (χ4v) is 7.14. The molecule has 0 heterocycles. The molecule has 1 atom stereocenters. The molecule has 4 rings (SSSR count). The second-order valence-electron chi connectivity index (χ2n) is 11.8. The number of nitrogens with one attached hydrogen (secondary N) is 1. The molecule has 1 unspecified atom stereocenters. The first-order valence-corrected chi connectivity index (χ1v) is 16.9. The first-order valence-electron chi connectivity index (χ1n) is 15.4. The Morgan fingerprint density at radius 3 is 2.12 bits per heavy atom. The second-order valence-corrected chi connectivity index (χ2v) is 13.6. The normalized spacial score (nSPS) is 14.7. The lowest BCUT2D eigenvalue weighted by atomic mass is 9.95. The summed E-state index contributed by atoms with van der Waals surface area (Å²) in [6.07, 6.45) is 5.60. The molecular weight excluding hydrogens is 558 g/mol. The lowest BCUT2D eigenvalue weighted by Gasteiger charge is -2.34. The fourth-order valence-electron chi connectivity index (χ4n) is 5.71. The topological polar surface area (TPSA) is 86.8 Å². The van der Waals surface area contributed by atoms with E-state index >= 15 is 0 Å². The number of benzene rings is 3. The van der Waals surface area contributed by atoms with E-state index in [1.807, 2.05) is 50.2 Å². The van der Waals surface area contributed by atoms with Gasteiger partial charge in [-0.2, -0.15) is 0 Å². The van der Waals surface area contributed by atoms with Crippen molar-refractivity contribution in [1.29, 1.82) is 0 Å². The molecule has 230 valence electrons. The lowest BCUT2D eigenvalue weighted by molar-refractivity contribution is -0.140. The zero-order valence-corrected chi connectivity index (χ0v) is 26.6. The molecule has 8 heteroatoms. The van der Waals surface area contributed by atoms with E-state index in [1.165, 1.54) is 22.9 Å². The SMILES string of the molecule is CCC(C(=O)NC1CCCCC1)N(Cc1ccccc1C)C(=O)CN(c1ccc(C(C)C)cc1)S(=O)(=O)c1ccccc1. The van der Waals surface area contributed by atoms with Crippen molar-refractivity contribution in [1.82, 2.24) is 10.2 Å². The van der Waals surface area contributed by atoms with E-state index in [0.29, 0.717) is 12.1 Å². The van der Waals surface area contributed by atoms with E-state index in [1.54, 1.807) is 35.2 Å². The van der Waals surface area contributed by atoms with E-state index in [4.69, 9.17) is 0 Å². The number of sulfonamides is 1. The summed E-state index contributed by atoms with van der Waals surface area (Å²) < 4.78 is 29.2. The summed E-state index contributed by atoms with van der Waals surface area (Å²) in [6.45, 7) is 7.79. The number of nitrogens with zero attached hydrogens (tertiary/aromatic N) is 2. The summed E-state index contributed by atoms with van der Waals surface area (Å²) in [7, 11) is -4.09. The Balaban J connectivity index is 1.71. The highest BCUT2D eigenvalue weighted by Crippen LogP contribution is 2.27. The third-order valence-corrected chi connectivity index (χ3v) is 10.2. The molecule has 1 aliphatic rings. The number of rotatable bonds is 12. The molecule has 3 aromatic rings. The van der Waals surface area contributed by atoms with Crippen molar-refractivity contribution in [2.24, 2.45) is 0 Å². The van der Waals surface area contributed by atoms with Gasteiger partial charge in [0.05, 0.1) is 10.6 Å². The molecule has 0 aromatic heterocycles. The van der Waals surface area contributed by atoms with E-state index in [0.717, 1.165) is 42.4 Å². The fraction of sp³-hybridized carbons (Fsp3) is 0.429. The van der Waals surface area contributed by atoms with Crippen LogP contribution in [0.2, 0.25) is 0 Å². The van der Waals surface area contributed by atoms with Gasteiger partial charge in [0, 0.05) is 12.6 Å². The molecular formula is C35H45N3O4S. The third kappa shape index (κ3) is 8.05. The van der Waals surface area contributed by atoms with Gasteiger partial charge in [-0.15, -0.1) is 0 Å². The molecule has 3 aromatic carbocycles. The standard InChI is InChI=1S/C35H45N3O4S/c1-5-33(35(40)36-30-16-8-6-9-17-30)37(24-29-15-13-12-14-27(29)4)34(39)25-38(31-22-20-28(21-23-31)26(2)3)43(41,42)32-18-10-7-11-19-32/h7,10-15,18-23,26,30,33H,5-6,8-9,16-17,24-25H2,1-4H3,(H,36,40). The molecule has 1 aliphatic carbocycles. The summed E-state index contributed by atoms with van der Waals surface area (Å²) in [5, 5.41) is 3.20. The Kier molecular flexibility index (Phi) is 11.0. The van der Waals surface area contributed by atoms with Gasteiger partial charge in [-0.3, -0.25) is 13.9 Å². The number of aryl methyl sites for hydroxylation is 1. The van der Waals surface area contributed by atoms with Crippen LogP contribution in [0.4, 0.5) is 5.69 Å². The number of carbonyl (C=O) groups is 2. The third-order valence-electron chi connectivity index (χ3n) is 8.40. The Bertz CT molecular complexity index is 1470. The van der Waals surface area contributed by atoms with Gasteiger partial charge < -0.3 is 10.2 Å². The molecule has 0 radical (unpaired) electrons. The van der Waals surface area contributed by atoms with Gasteiger partial charge in [-0.05, 0) is 73.1 Å². The number of hydrogen-bond donors (Lipinski definition) is 1. The maximum atomic E-state index is 14.3. The van der Waals surface area contributed by atoms with Crippen molar-refractivity contribution >= 4 is 27.5 Å². The number of amides is 2. The predicted octanol–water partition coefficient (Wildman–Crippen LogP) is 6.57. The maximum Gasteiger partial charge on any atom is 0.264 e. The van der Waals surface area contributed by atoms with Crippen LogP contribution in [0.1, 0.15) is 81.9 Å². The van der Waals surface area contributed by atoms with Crippen molar-refractivity contribution in [3.63, 3.8) is 0 Å². The lowest BCUT2D eigenvalue weighted by Crippen LogP contribution is -2.54. The van der Waals surface area contributed by atoms with Crippen LogP contribution in [-0.2, 0) is 26.2 Å². The Morgan fingerprint density at radius 1 is 0.884 bits per heavy atom. The number of hydrogen-bond acceptors (Lipinski definition) is 4. The average Bonchev–Trinajstić information content (AvgIpc) is 3.01. The Labute approximate surface area is 257 Å². The van der Waals surface area contributed by atoms with Crippen LogP contribution in [0.3, 0.4) is 0 Å². The molecule has 0 aliphatic heterocycles. The zero-order valence-electron chi connectivity index (χ0n) is 25.8. The first kappa shape index (κ1) is 32.3. The van der Waals surface area contributed by atoms with Gasteiger partial charge in [0.1, 0.15) is 12.6 Å². The summed E-state index contributed by atoms with van der Waals surface area (Å²) in [6, 6.07) is 22.6. The van der Waals surface area contributed by atoms with Crippen LogP contribution in [0, 0.1) is 6.92 Å². The number of anilines is 1. The molecule has 0 saturated heterocycles. The Morgan fingerprint density at radius 2 is 1.51 bits per heavy atom. The molecule has 43 heavy (non-hydrogen) atoms. The minimum atomic E-state index is -4.09. The van der Waals surface area contributed by atoms with E-state index in [-0.39, 0.29) is 29.3 Å². The molecule has 2 amide bonds. The van der Waals surface area contributed by atoms with Crippen molar-refractivity contribution in [2.45, 2.75) is 95.7 Å². The highest BCUT2D eigenvalue weighted by atomic mass is 32.2. The summed E-state index contributed by atoms with van der Waals surface area (Å²) >= 11 is 0. The van der Waals surface area contributed by atoms with Gasteiger partial charge >= 0.3 is 0 Å². The van der Waals surface area contributed by atoms with Crippen molar-refractivity contribution in [3.8, 4) is 0 Å². The van der Waals surface area contributed by atoms with Crippen LogP contribution in [-0.4, -0.2) is 43.8 Å². The van der Waals surface area contributed by atoms with Gasteiger partial charge in [-0.1, -0.05) is 94.6 Å². The molecule has 1 N–H and O–H groups in total. The van der Waals surface area contributed by atoms with Crippen molar-refractivity contribution < 1.29 is 18.0 Å². The largest absolute Gasteiger partial charge is 0.352 e. The van der Waals surface area contributed by atoms with Crippen LogP contribution < -0.4 is 9.62 Å². The van der Waals surface area contributed by atoms with E-state index in [9.17, 15) is 18.0 Å². The molecule has 0 bridgehead atoms. The molecule has 0 spiro atoms. The van der Waals surface area contributed by atoms with Gasteiger partial charge in [-0.25, -0.2) is 8.42 Å². The smallest absolute Gasteiger partial charge is 0.264 e. The van der Waals surface area contributed by atoms with Crippen LogP contribution in [0.15, 0.2) is 83.8 Å². The minimum absolute atomic E-state index is 0.0974. The van der Waals surface area contributed by atoms with Crippen LogP contribution in [0.5, 0.6) is 0 Å². The average molecular weight is 604 g/mol. The highest BCUT2D eigenvalue weighted by molar-refractivity contribution is 7.92. The zero-order chi connectivity index (χ0) is 31.0. The number of carbonyl (C=O) groups excluding carboxylic acids is 2. The van der Waals surface area contributed by atoms with Crippen LogP contribution >= 0.6 is 0 Å². The summed E-state index contributed by atoms with van der Waals surface area (Å²) in [5.41, 5.74) is 3.38. The van der Waals surface area contributed by atoms with Gasteiger partial charge in [0.2, 0.25) is 11.8 Å². The molecule has 7 nitrogen and oxygen atoms in total. The van der Waals surface area contributed by atoms with Crippen molar-refractivity contribution in [3.05, 3.63) is 95.6 Å². The molecule has 1 fully saturated rings. The maximum absolute atomic E-state index is 14.3. The quantitative estimate of drug-likeness (QED) is 0.254.